The van der Waals surface area contributed by atoms with E-state index in [1.807, 2.05) is 4.90 Å². The summed E-state index contributed by atoms with van der Waals surface area (Å²) in [4.78, 5) is 37.2. The number of methoxy groups -OCH3 is 1. The smallest absolute Gasteiger partial charge is 0.365 e. The number of hydrogen-bond donors (Lipinski definition) is 0. The first-order valence-electron chi connectivity index (χ1n) is 8.46. The maximum absolute atomic E-state index is 12.3. The lowest BCUT2D eigenvalue weighted by molar-refractivity contribution is -0.384. The minimum atomic E-state index is -1.02. The van der Waals surface area contributed by atoms with E-state index in [9.17, 15) is 19.7 Å². The van der Waals surface area contributed by atoms with Gasteiger partial charge in [-0.15, -0.1) is 0 Å². The molecule has 0 bridgehead atoms. The van der Waals surface area contributed by atoms with Gasteiger partial charge < -0.3 is 14.4 Å². The van der Waals surface area contributed by atoms with Gasteiger partial charge in [-0.1, -0.05) is 11.8 Å². The Morgan fingerprint density at radius 3 is 2.45 bits per heavy atom. The number of non-ortho nitro benzene ring substituents is 1. The zero-order valence-corrected chi connectivity index (χ0v) is 17.7. The van der Waals surface area contributed by atoms with Gasteiger partial charge in [-0.2, -0.15) is 5.10 Å². The molecule has 0 aliphatic carbocycles. The lowest BCUT2D eigenvalue weighted by Crippen LogP contribution is -2.47. The fourth-order valence-corrected chi connectivity index (χ4v) is 5.65. The van der Waals surface area contributed by atoms with Crippen molar-refractivity contribution in [1.82, 2.24) is 4.90 Å². The number of carbonyl (C=O) groups excluding carboxylic acids is 2. The number of rotatable bonds is 5. The molecule has 2 heterocycles. The summed E-state index contributed by atoms with van der Waals surface area (Å²) in [6.07, 6.45) is 0. The fraction of sp³-hybridized carbons (Fsp3) is 0.353. The lowest BCUT2D eigenvalue weighted by atomic mass is 10.3. The summed E-state index contributed by atoms with van der Waals surface area (Å²) in [5, 5.41) is 17.1. The third-order valence-electron chi connectivity index (χ3n) is 4.30. The number of benzene rings is 1. The van der Waals surface area contributed by atoms with Gasteiger partial charge in [0.05, 0.1) is 24.3 Å². The van der Waals surface area contributed by atoms with Crippen LogP contribution in [0.5, 0.6) is 0 Å². The molecule has 3 rings (SSSR count). The summed E-state index contributed by atoms with van der Waals surface area (Å²) in [5.74, 6) is -1.08. The molecular formula is C17H18N4O6S2. The second kappa shape index (κ2) is 7.95. The molecule has 10 nitrogen and oxygen atoms in total. The van der Waals surface area contributed by atoms with Crippen molar-refractivity contribution >= 4 is 51.9 Å². The Bertz CT molecular complexity index is 932. The molecule has 1 aromatic rings. The molecule has 0 aromatic heterocycles. The number of carbonyl (C=O) groups is 2. The van der Waals surface area contributed by atoms with E-state index in [0.29, 0.717) is 16.3 Å². The number of ether oxygens (including phenoxy) is 2. The van der Waals surface area contributed by atoms with Crippen LogP contribution in [-0.4, -0.2) is 51.9 Å². The van der Waals surface area contributed by atoms with Crippen LogP contribution in [0.4, 0.5) is 11.4 Å². The predicted octanol–water partition coefficient (Wildman–Crippen LogP) is 2.72. The van der Waals surface area contributed by atoms with Crippen molar-refractivity contribution in [2.24, 2.45) is 5.10 Å². The summed E-state index contributed by atoms with van der Waals surface area (Å²) in [5.41, 5.74) is 1.10. The molecule has 0 fully saturated rings. The van der Waals surface area contributed by atoms with Crippen molar-refractivity contribution in [1.29, 1.82) is 0 Å². The second-order valence-electron chi connectivity index (χ2n) is 5.93. The highest BCUT2D eigenvalue weighted by Gasteiger charge is 2.56. The van der Waals surface area contributed by atoms with E-state index >= 15 is 0 Å². The van der Waals surface area contributed by atoms with E-state index in [4.69, 9.17) is 9.47 Å². The van der Waals surface area contributed by atoms with Gasteiger partial charge in [0.15, 0.2) is 0 Å². The fourth-order valence-electron chi connectivity index (χ4n) is 2.75. The Morgan fingerprint density at radius 2 is 1.90 bits per heavy atom. The van der Waals surface area contributed by atoms with E-state index in [2.05, 4.69) is 5.10 Å². The Morgan fingerprint density at radius 1 is 1.24 bits per heavy atom. The van der Waals surface area contributed by atoms with Crippen LogP contribution < -0.4 is 5.01 Å². The first kappa shape index (κ1) is 21.0. The molecule has 2 aliphatic heterocycles. The molecule has 0 N–H and O–H groups in total. The van der Waals surface area contributed by atoms with Crippen molar-refractivity contribution in [3.63, 3.8) is 0 Å². The molecule has 154 valence electrons. The van der Waals surface area contributed by atoms with Crippen LogP contribution in [0.15, 0.2) is 40.0 Å². The lowest BCUT2D eigenvalue weighted by Gasteiger charge is -2.39. The average molecular weight is 438 g/mol. The molecule has 0 amide bonds. The van der Waals surface area contributed by atoms with Gasteiger partial charge in [0, 0.05) is 24.9 Å². The van der Waals surface area contributed by atoms with Crippen LogP contribution in [0.2, 0.25) is 0 Å². The normalized spacial score (nSPS) is 20.9. The van der Waals surface area contributed by atoms with Crippen LogP contribution in [0.25, 0.3) is 0 Å². The van der Waals surface area contributed by atoms with Crippen molar-refractivity contribution in [2.75, 3.05) is 25.8 Å². The summed E-state index contributed by atoms with van der Waals surface area (Å²) in [6.45, 7) is 3.65. The molecule has 0 saturated carbocycles. The molecule has 0 saturated heterocycles. The summed E-state index contributed by atoms with van der Waals surface area (Å²) in [7, 11) is 3.07. The Balaban J connectivity index is 2.05. The standard InChI is InChI=1S/C17H18N4O6S2/c1-5-27-16(23)14-18-20(11-6-8-12(9-7-11)21(24)25)17(29-14)19(3)10(2)13(28-17)15(22)26-4/h6-9H,5H2,1-4H3/t17-/m1/s1. The molecule has 1 aromatic carbocycles. The van der Waals surface area contributed by atoms with Gasteiger partial charge in [0.25, 0.3) is 5.69 Å². The Kier molecular flexibility index (Phi) is 5.75. The minimum Gasteiger partial charge on any atom is -0.465 e. The number of hydrogen-bond acceptors (Lipinski definition) is 11. The monoisotopic (exact) mass is 438 g/mol. The topological polar surface area (TPSA) is 115 Å². The number of nitro benzene ring substituents is 1. The van der Waals surface area contributed by atoms with Gasteiger partial charge in [-0.3, -0.25) is 10.1 Å². The van der Waals surface area contributed by atoms with Crippen LogP contribution in [-0.2, 0) is 19.1 Å². The van der Waals surface area contributed by atoms with Gasteiger partial charge in [-0.05, 0) is 37.7 Å². The van der Waals surface area contributed by atoms with Crippen molar-refractivity contribution < 1.29 is 24.0 Å². The highest BCUT2D eigenvalue weighted by molar-refractivity contribution is 8.28. The maximum atomic E-state index is 12.3. The SMILES string of the molecule is CCOC(=O)C1=NN(c2ccc([N+](=O)[O-])cc2)[C@@]2(S1)SC(C(=O)OC)=C(C)N2C. The molecule has 0 radical (unpaired) electrons. The van der Waals surface area contributed by atoms with E-state index < -0.39 is 21.2 Å². The average Bonchev–Trinajstić information content (AvgIpc) is 3.22. The van der Waals surface area contributed by atoms with Crippen LogP contribution in [0.1, 0.15) is 13.8 Å². The molecule has 1 spiro atoms. The highest BCUT2D eigenvalue weighted by Crippen LogP contribution is 2.58. The van der Waals surface area contributed by atoms with Crippen LogP contribution in [0.3, 0.4) is 0 Å². The number of nitrogens with zero attached hydrogens (tertiary/aromatic N) is 4. The van der Waals surface area contributed by atoms with Gasteiger partial charge in [-0.25, -0.2) is 14.6 Å². The Labute approximate surface area is 175 Å². The van der Waals surface area contributed by atoms with E-state index in [-0.39, 0.29) is 17.3 Å². The molecule has 2 aliphatic rings. The predicted molar refractivity (Wildman–Crippen MR) is 110 cm³/mol. The van der Waals surface area contributed by atoms with Crippen LogP contribution >= 0.6 is 23.5 Å². The quantitative estimate of drug-likeness (QED) is 0.386. The van der Waals surface area contributed by atoms with Crippen LogP contribution in [0, 0.1) is 10.1 Å². The molecule has 29 heavy (non-hydrogen) atoms. The van der Waals surface area contributed by atoms with Gasteiger partial charge in [0.1, 0.15) is 4.91 Å². The first-order valence-corrected chi connectivity index (χ1v) is 10.1. The van der Waals surface area contributed by atoms with E-state index in [1.54, 1.807) is 25.9 Å². The largest absolute Gasteiger partial charge is 0.465 e. The number of esters is 2. The highest BCUT2D eigenvalue weighted by atomic mass is 32.2. The van der Waals surface area contributed by atoms with E-state index in [1.165, 1.54) is 43.1 Å². The summed E-state index contributed by atoms with van der Waals surface area (Å²) in [6, 6.07) is 5.79. The summed E-state index contributed by atoms with van der Waals surface area (Å²) < 4.78 is 8.93. The van der Waals surface area contributed by atoms with Crippen molar-refractivity contribution in [3.05, 3.63) is 45.0 Å². The number of anilines is 1. The minimum absolute atomic E-state index is 0.0683. The van der Waals surface area contributed by atoms with E-state index in [0.717, 1.165) is 11.8 Å². The molecule has 1 atom stereocenters. The third kappa shape index (κ3) is 3.53. The van der Waals surface area contributed by atoms with Gasteiger partial charge in [0.2, 0.25) is 9.37 Å². The zero-order valence-electron chi connectivity index (χ0n) is 16.1. The number of nitro groups is 1. The number of hydrazone groups is 1. The summed E-state index contributed by atoms with van der Waals surface area (Å²) >= 11 is 2.32. The molecular weight excluding hydrogens is 420 g/mol. The Hall–Kier alpha value is -2.73. The second-order valence-corrected chi connectivity index (χ2v) is 8.53. The third-order valence-corrected chi connectivity index (χ3v) is 7.34. The zero-order chi connectivity index (χ0) is 21.3. The van der Waals surface area contributed by atoms with Gasteiger partial charge >= 0.3 is 11.9 Å². The first-order chi connectivity index (χ1) is 13.7. The molecule has 0 unspecified atom stereocenters. The number of allylic oxidation sites excluding steroid dienone is 1. The van der Waals surface area contributed by atoms with Crippen molar-refractivity contribution in [3.8, 4) is 0 Å². The number of thioether (sulfide) groups is 2. The van der Waals surface area contributed by atoms with Crippen molar-refractivity contribution in [2.45, 2.75) is 18.2 Å². The molecule has 12 heteroatoms. The maximum Gasteiger partial charge on any atom is 0.365 e.